The van der Waals surface area contributed by atoms with Crippen molar-refractivity contribution in [2.24, 2.45) is 0 Å². The fourth-order valence-corrected chi connectivity index (χ4v) is 0.871. The molecule has 1 saturated heterocycles. The van der Waals surface area contributed by atoms with E-state index in [1.165, 1.54) is 0 Å². The van der Waals surface area contributed by atoms with Crippen molar-refractivity contribution in [1.29, 1.82) is 0 Å². The zero-order chi connectivity index (χ0) is 8.54. The zero-order valence-electron chi connectivity index (χ0n) is 7.39. The van der Waals surface area contributed by atoms with Crippen LogP contribution >= 0.6 is 0 Å². The molecule has 1 rings (SSSR count). The monoisotopic (exact) mass is 160 g/mol. The van der Waals surface area contributed by atoms with Gasteiger partial charge in [-0.1, -0.05) is 0 Å². The molecule has 0 amide bonds. The second-order valence-electron chi connectivity index (χ2n) is 3.95. The molecule has 0 radical (unpaired) electrons. The summed E-state index contributed by atoms with van der Waals surface area (Å²) in [4.78, 5) is 0. The first-order valence-corrected chi connectivity index (χ1v) is 3.86. The summed E-state index contributed by atoms with van der Waals surface area (Å²) in [6, 6.07) is 0. The van der Waals surface area contributed by atoms with E-state index in [1.807, 2.05) is 20.8 Å². The molecule has 1 heterocycles. The first-order valence-electron chi connectivity index (χ1n) is 3.86. The Balaban J connectivity index is 2.48. The van der Waals surface area contributed by atoms with Gasteiger partial charge in [0.1, 0.15) is 5.60 Å². The molecule has 1 aliphatic rings. The molecular weight excluding hydrogens is 144 g/mol. The van der Waals surface area contributed by atoms with E-state index >= 15 is 0 Å². The van der Waals surface area contributed by atoms with E-state index < -0.39 is 5.60 Å². The van der Waals surface area contributed by atoms with E-state index in [2.05, 4.69) is 0 Å². The molecule has 3 heteroatoms. The van der Waals surface area contributed by atoms with Crippen LogP contribution in [-0.2, 0) is 9.47 Å². The highest BCUT2D eigenvalue weighted by Crippen LogP contribution is 2.23. The normalized spacial score (nSPS) is 37.1. The van der Waals surface area contributed by atoms with E-state index in [4.69, 9.17) is 14.6 Å². The lowest BCUT2D eigenvalue weighted by Gasteiger charge is -2.40. The van der Waals surface area contributed by atoms with Gasteiger partial charge in [-0.25, -0.2) is 0 Å². The third-order valence-corrected chi connectivity index (χ3v) is 1.87. The molecule has 0 aromatic rings. The standard InChI is InChI=1S/C8H16O3/c1-7(2)5-11-8(3,4-9)6-10-7/h9H,4-6H2,1-3H3/t8-/m0/s1. The highest BCUT2D eigenvalue weighted by atomic mass is 16.6. The van der Waals surface area contributed by atoms with Crippen molar-refractivity contribution in [2.45, 2.75) is 32.0 Å². The third-order valence-electron chi connectivity index (χ3n) is 1.87. The molecule has 1 aliphatic heterocycles. The molecule has 0 aromatic heterocycles. The second kappa shape index (κ2) is 2.73. The molecule has 0 bridgehead atoms. The Kier molecular flexibility index (Phi) is 2.23. The zero-order valence-corrected chi connectivity index (χ0v) is 7.39. The number of ether oxygens (including phenoxy) is 2. The molecule has 0 unspecified atom stereocenters. The minimum absolute atomic E-state index is 0.0169. The molecule has 0 aromatic carbocycles. The first kappa shape index (κ1) is 8.97. The predicted octanol–water partition coefficient (Wildman–Crippen LogP) is 0.563. The fraction of sp³-hybridized carbons (Fsp3) is 1.00. The van der Waals surface area contributed by atoms with Crippen molar-refractivity contribution in [2.75, 3.05) is 19.8 Å². The lowest BCUT2D eigenvalue weighted by atomic mass is 10.0. The van der Waals surface area contributed by atoms with Gasteiger partial charge < -0.3 is 14.6 Å². The number of aliphatic hydroxyl groups is 1. The molecule has 1 atom stereocenters. The summed E-state index contributed by atoms with van der Waals surface area (Å²) < 4.78 is 10.9. The van der Waals surface area contributed by atoms with E-state index in [9.17, 15) is 0 Å². The van der Waals surface area contributed by atoms with Crippen LogP contribution in [0.3, 0.4) is 0 Å². The summed E-state index contributed by atoms with van der Waals surface area (Å²) in [7, 11) is 0. The molecular formula is C8H16O3. The van der Waals surface area contributed by atoms with Gasteiger partial charge in [-0.15, -0.1) is 0 Å². The fourth-order valence-electron chi connectivity index (χ4n) is 0.871. The Bertz CT molecular complexity index is 132. The number of hydrogen-bond acceptors (Lipinski definition) is 3. The lowest BCUT2D eigenvalue weighted by Crippen LogP contribution is -2.51. The van der Waals surface area contributed by atoms with Gasteiger partial charge in [-0.3, -0.25) is 0 Å². The van der Waals surface area contributed by atoms with Crippen molar-refractivity contribution in [3.05, 3.63) is 0 Å². The van der Waals surface area contributed by atoms with Crippen molar-refractivity contribution < 1.29 is 14.6 Å². The maximum atomic E-state index is 8.92. The quantitative estimate of drug-likeness (QED) is 0.609. The van der Waals surface area contributed by atoms with E-state index in [1.54, 1.807) is 0 Å². The summed E-state index contributed by atoms with van der Waals surface area (Å²) in [6.45, 7) is 6.83. The van der Waals surface area contributed by atoms with Gasteiger partial charge in [0.2, 0.25) is 0 Å². The number of rotatable bonds is 1. The minimum Gasteiger partial charge on any atom is -0.393 e. The molecule has 0 saturated carbocycles. The average molecular weight is 160 g/mol. The van der Waals surface area contributed by atoms with Crippen LogP contribution in [0.5, 0.6) is 0 Å². The van der Waals surface area contributed by atoms with Gasteiger partial charge in [0.15, 0.2) is 0 Å². The largest absolute Gasteiger partial charge is 0.393 e. The highest BCUT2D eigenvalue weighted by molar-refractivity contribution is 4.83. The molecule has 0 spiro atoms. The third kappa shape index (κ3) is 2.15. The van der Waals surface area contributed by atoms with Gasteiger partial charge in [-0.05, 0) is 20.8 Å². The van der Waals surface area contributed by atoms with Crippen LogP contribution in [-0.4, -0.2) is 36.1 Å². The SMILES string of the molecule is CC1(C)CO[C@@](C)(CO)CO1. The Hall–Kier alpha value is -0.120. The molecule has 1 fully saturated rings. The predicted molar refractivity (Wildman–Crippen MR) is 41.5 cm³/mol. The molecule has 3 nitrogen and oxygen atoms in total. The Morgan fingerprint density at radius 3 is 2.18 bits per heavy atom. The molecule has 0 aliphatic carbocycles. The summed E-state index contributed by atoms with van der Waals surface area (Å²) >= 11 is 0. The van der Waals surface area contributed by atoms with E-state index in [0.717, 1.165) is 0 Å². The summed E-state index contributed by atoms with van der Waals surface area (Å²) in [6.07, 6.45) is 0. The number of hydrogen-bond donors (Lipinski definition) is 1. The van der Waals surface area contributed by atoms with Gasteiger partial charge >= 0.3 is 0 Å². The van der Waals surface area contributed by atoms with Crippen LogP contribution in [0.1, 0.15) is 20.8 Å². The van der Waals surface area contributed by atoms with Crippen LogP contribution in [0, 0.1) is 0 Å². The number of aliphatic hydroxyl groups excluding tert-OH is 1. The van der Waals surface area contributed by atoms with E-state index in [0.29, 0.717) is 13.2 Å². The van der Waals surface area contributed by atoms with Gasteiger partial charge in [-0.2, -0.15) is 0 Å². The van der Waals surface area contributed by atoms with Crippen LogP contribution in [0.2, 0.25) is 0 Å². The van der Waals surface area contributed by atoms with Crippen LogP contribution in [0.4, 0.5) is 0 Å². The summed E-state index contributed by atoms with van der Waals surface area (Å²) in [5.74, 6) is 0. The summed E-state index contributed by atoms with van der Waals surface area (Å²) in [5.41, 5.74) is -0.690. The van der Waals surface area contributed by atoms with Gasteiger partial charge in [0.25, 0.3) is 0 Å². The first-order chi connectivity index (χ1) is 4.97. The minimum atomic E-state index is -0.491. The lowest BCUT2D eigenvalue weighted by molar-refractivity contribution is -0.227. The van der Waals surface area contributed by atoms with Crippen molar-refractivity contribution in [3.63, 3.8) is 0 Å². The highest BCUT2D eigenvalue weighted by Gasteiger charge is 2.35. The Morgan fingerprint density at radius 1 is 1.18 bits per heavy atom. The average Bonchev–Trinajstić information content (AvgIpc) is 1.97. The van der Waals surface area contributed by atoms with Crippen LogP contribution < -0.4 is 0 Å². The van der Waals surface area contributed by atoms with E-state index in [-0.39, 0.29) is 12.2 Å². The molecule has 1 N–H and O–H groups in total. The smallest absolute Gasteiger partial charge is 0.112 e. The maximum absolute atomic E-state index is 8.92. The second-order valence-corrected chi connectivity index (χ2v) is 3.95. The van der Waals surface area contributed by atoms with Crippen molar-refractivity contribution in [3.8, 4) is 0 Å². The Morgan fingerprint density at radius 2 is 1.82 bits per heavy atom. The molecule has 66 valence electrons. The maximum Gasteiger partial charge on any atom is 0.112 e. The Labute approximate surface area is 67.3 Å². The topological polar surface area (TPSA) is 38.7 Å². The molecule has 11 heavy (non-hydrogen) atoms. The van der Waals surface area contributed by atoms with Gasteiger partial charge in [0, 0.05) is 0 Å². The van der Waals surface area contributed by atoms with Crippen molar-refractivity contribution >= 4 is 0 Å². The van der Waals surface area contributed by atoms with Crippen LogP contribution in [0.15, 0.2) is 0 Å². The summed E-state index contributed by atoms with van der Waals surface area (Å²) in [5, 5.41) is 8.92. The van der Waals surface area contributed by atoms with Crippen molar-refractivity contribution in [1.82, 2.24) is 0 Å². The van der Waals surface area contributed by atoms with Crippen LogP contribution in [0.25, 0.3) is 0 Å². The van der Waals surface area contributed by atoms with Gasteiger partial charge in [0.05, 0.1) is 25.4 Å².